The molecule has 0 saturated heterocycles. The molecule has 9 nitrogen and oxygen atoms in total. The lowest BCUT2D eigenvalue weighted by atomic mass is 10.2. The van der Waals surface area contributed by atoms with Gasteiger partial charge < -0.3 is 10.1 Å². The first-order valence-corrected chi connectivity index (χ1v) is 10.5. The predicted molar refractivity (Wildman–Crippen MR) is 120 cm³/mol. The van der Waals surface area contributed by atoms with E-state index in [-0.39, 0.29) is 11.5 Å². The van der Waals surface area contributed by atoms with Crippen molar-refractivity contribution in [1.29, 1.82) is 0 Å². The van der Waals surface area contributed by atoms with Crippen molar-refractivity contribution >= 4 is 28.5 Å². The Bertz CT molecular complexity index is 1300. The van der Waals surface area contributed by atoms with E-state index in [2.05, 4.69) is 20.4 Å². The number of nitrogens with zero attached hydrogens (tertiary/aromatic N) is 5. The molecule has 1 amide bonds. The average Bonchev–Trinajstić information content (AvgIpc) is 3.21. The maximum atomic E-state index is 12.8. The molecule has 0 radical (unpaired) electrons. The maximum Gasteiger partial charge on any atom is 0.264 e. The number of benzene rings is 1. The van der Waals surface area contributed by atoms with Crippen molar-refractivity contribution in [2.24, 2.45) is 0 Å². The second-order valence-electron chi connectivity index (χ2n) is 6.95. The van der Waals surface area contributed by atoms with Crippen LogP contribution in [0.2, 0.25) is 5.02 Å². The quantitative estimate of drug-likeness (QED) is 0.440. The maximum absolute atomic E-state index is 12.8. The Labute approximate surface area is 188 Å². The van der Waals surface area contributed by atoms with Crippen molar-refractivity contribution in [1.82, 2.24) is 29.6 Å². The number of pyridine rings is 1. The van der Waals surface area contributed by atoms with Crippen LogP contribution >= 0.6 is 11.6 Å². The summed E-state index contributed by atoms with van der Waals surface area (Å²) in [5.41, 5.74) is 1.59. The summed E-state index contributed by atoms with van der Waals surface area (Å²) >= 11 is 5.92. The largest absolute Gasteiger partial charge is 0.477 e. The van der Waals surface area contributed by atoms with Gasteiger partial charge in [0.05, 0.1) is 25.9 Å². The highest BCUT2D eigenvalue weighted by atomic mass is 35.5. The molecular weight excluding hydrogens is 432 g/mol. The van der Waals surface area contributed by atoms with Crippen LogP contribution in [0.5, 0.6) is 5.88 Å². The lowest BCUT2D eigenvalue weighted by Gasteiger charge is -2.10. The lowest BCUT2D eigenvalue weighted by molar-refractivity contribution is 0.0947. The van der Waals surface area contributed by atoms with Crippen LogP contribution in [0.1, 0.15) is 22.8 Å². The lowest BCUT2D eigenvalue weighted by Crippen LogP contribution is -2.28. The fourth-order valence-corrected chi connectivity index (χ4v) is 3.37. The van der Waals surface area contributed by atoms with Gasteiger partial charge in [-0.15, -0.1) is 0 Å². The van der Waals surface area contributed by atoms with Crippen LogP contribution < -0.4 is 15.6 Å². The zero-order valence-corrected chi connectivity index (χ0v) is 18.1. The van der Waals surface area contributed by atoms with Crippen molar-refractivity contribution in [3.05, 3.63) is 81.6 Å². The van der Waals surface area contributed by atoms with Crippen LogP contribution in [0.15, 0.2) is 59.9 Å². The minimum Gasteiger partial charge on any atom is -0.477 e. The third-order valence-electron chi connectivity index (χ3n) is 4.79. The monoisotopic (exact) mass is 452 g/mol. The van der Waals surface area contributed by atoms with Gasteiger partial charge in [-0.05, 0) is 36.8 Å². The molecule has 3 aromatic heterocycles. The molecule has 0 aliphatic heterocycles. The molecule has 10 heteroatoms. The van der Waals surface area contributed by atoms with E-state index >= 15 is 0 Å². The Morgan fingerprint density at radius 3 is 2.78 bits per heavy atom. The summed E-state index contributed by atoms with van der Waals surface area (Å²) in [4.78, 5) is 33.8. The summed E-state index contributed by atoms with van der Waals surface area (Å²) in [5, 5.41) is 8.14. The van der Waals surface area contributed by atoms with Crippen molar-refractivity contribution in [2.75, 3.05) is 13.2 Å². The Kier molecular flexibility index (Phi) is 6.46. The van der Waals surface area contributed by atoms with Gasteiger partial charge in [-0.3, -0.25) is 14.2 Å². The minimum absolute atomic E-state index is 0.183. The summed E-state index contributed by atoms with van der Waals surface area (Å²) in [6.07, 6.45) is 4.57. The first-order valence-electron chi connectivity index (χ1n) is 10.1. The van der Waals surface area contributed by atoms with Crippen LogP contribution in [0, 0.1) is 0 Å². The summed E-state index contributed by atoms with van der Waals surface area (Å²) in [6, 6.07) is 10.6. The molecular formula is C22H21ClN6O3. The zero-order valence-electron chi connectivity index (χ0n) is 17.4. The van der Waals surface area contributed by atoms with E-state index in [9.17, 15) is 9.59 Å². The number of hydrogen-bond donors (Lipinski definition) is 1. The predicted octanol–water partition coefficient (Wildman–Crippen LogP) is 2.52. The third kappa shape index (κ3) is 4.62. The number of nitrogens with one attached hydrogen (secondary N) is 1. The van der Waals surface area contributed by atoms with Gasteiger partial charge in [-0.1, -0.05) is 23.7 Å². The highest BCUT2D eigenvalue weighted by Gasteiger charge is 2.14. The SMILES string of the molecule is CCOc1ncccc1C(=O)NCCn1ncc2c(=O)n(Cc3ccc(Cl)cc3)cnc21. The Morgan fingerprint density at radius 1 is 1.19 bits per heavy atom. The number of aromatic nitrogens is 5. The molecule has 0 fully saturated rings. The zero-order chi connectivity index (χ0) is 22.5. The average molecular weight is 453 g/mol. The molecule has 32 heavy (non-hydrogen) atoms. The Balaban J connectivity index is 1.44. The molecule has 0 aliphatic carbocycles. The normalized spacial score (nSPS) is 10.9. The van der Waals surface area contributed by atoms with Crippen LogP contribution in [-0.4, -0.2) is 43.4 Å². The van der Waals surface area contributed by atoms with Gasteiger partial charge in [0.15, 0.2) is 5.65 Å². The molecule has 1 N–H and O–H groups in total. The van der Waals surface area contributed by atoms with E-state index in [1.807, 2.05) is 19.1 Å². The van der Waals surface area contributed by atoms with Crippen LogP contribution in [0.3, 0.4) is 0 Å². The van der Waals surface area contributed by atoms with Gasteiger partial charge in [-0.25, -0.2) is 14.6 Å². The fraction of sp³-hybridized carbons (Fsp3) is 0.227. The van der Waals surface area contributed by atoms with E-state index in [0.29, 0.717) is 53.7 Å². The van der Waals surface area contributed by atoms with Crippen molar-refractivity contribution in [3.8, 4) is 5.88 Å². The number of carbonyl (C=O) groups excluding carboxylic acids is 1. The van der Waals surface area contributed by atoms with Crippen molar-refractivity contribution < 1.29 is 9.53 Å². The molecule has 3 heterocycles. The van der Waals surface area contributed by atoms with Gasteiger partial charge in [0.25, 0.3) is 11.5 Å². The Hall–Kier alpha value is -3.72. The number of rotatable bonds is 8. The number of amides is 1. The fourth-order valence-electron chi connectivity index (χ4n) is 3.25. The first-order chi connectivity index (χ1) is 15.6. The number of hydrogen-bond acceptors (Lipinski definition) is 6. The van der Waals surface area contributed by atoms with Crippen LogP contribution in [-0.2, 0) is 13.1 Å². The number of carbonyl (C=O) groups is 1. The second-order valence-corrected chi connectivity index (χ2v) is 7.39. The summed E-state index contributed by atoms with van der Waals surface area (Å²) in [6.45, 7) is 3.28. The Morgan fingerprint density at radius 2 is 2.00 bits per heavy atom. The minimum atomic E-state index is -0.295. The standard InChI is InChI=1S/C22H21ClN6O3/c1-2-32-21-17(4-3-9-25-21)20(30)24-10-11-29-19-18(12-27-29)22(31)28(14-26-19)13-15-5-7-16(23)8-6-15/h3-9,12,14H,2,10-11,13H2,1H3,(H,24,30). The smallest absolute Gasteiger partial charge is 0.264 e. The molecule has 0 spiro atoms. The molecule has 0 saturated carbocycles. The van der Waals surface area contributed by atoms with Gasteiger partial charge in [-0.2, -0.15) is 5.10 Å². The molecule has 0 aliphatic rings. The summed E-state index contributed by atoms with van der Waals surface area (Å²) < 4.78 is 8.52. The molecule has 0 unspecified atom stereocenters. The third-order valence-corrected chi connectivity index (χ3v) is 5.05. The van der Waals surface area contributed by atoms with Crippen molar-refractivity contribution in [3.63, 3.8) is 0 Å². The van der Waals surface area contributed by atoms with Gasteiger partial charge >= 0.3 is 0 Å². The van der Waals surface area contributed by atoms with E-state index in [1.54, 1.807) is 35.1 Å². The van der Waals surface area contributed by atoms with Gasteiger partial charge in [0.1, 0.15) is 17.3 Å². The molecule has 1 aromatic carbocycles. The number of halogens is 1. The van der Waals surface area contributed by atoms with E-state index in [1.165, 1.54) is 17.1 Å². The van der Waals surface area contributed by atoms with Crippen LogP contribution in [0.4, 0.5) is 0 Å². The second kappa shape index (κ2) is 9.61. The first kappa shape index (κ1) is 21.5. The molecule has 164 valence electrons. The molecule has 4 rings (SSSR count). The van der Waals surface area contributed by atoms with E-state index in [0.717, 1.165) is 5.56 Å². The molecule has 4 aromatic rings. The molecule has 0 bridgehead atoms. The van der Waals surface area contributed by atoms with Crippen LogP contribution in [0.25, 0.3) is 11.0 Å². The topological polar surface area (TPSA) is 104 Å². The molecule has 0 atom stereocenters. The highest BCUT2D eigenvalue weighted by Crippen LogP contribution is 2.14. The summed E-state index contributed by atoms with van der Waals surface area (Å²) in [5.74, 6) is -0.00349. The summed E-state index contributed by atoms with van der Waals surface area (Å²) in [7, 11) is 0. The van der Waals surface area contributed by atoms with Gasteiger partial charge in [0, 0.05) is 17.8 Å². The van der Waals surface area contributed by atoms with E-state index in [4.69, 9.17) is 16.3 Å². The number of fused-ring (bicyclic) bond motifs is 1. The number of ether oxygens (including phenoxy) is 1. The van der Waals surface area contributed by atoms with E-state index < -0.39 is 0 Å². The van der Waals surface area contributed by atoms with Gasteiger partial charge in [0.2, 0.25) is 5.88 Å². The van der Waals surface area contributed by atoms with Crippen molar-refractivity contribution in [2.45, 2.75) is 20.0 Å². The highest BCUT2D eigenvalue weighted by molar-refractivity contribution is 6.30.